The third-order valence-corrected chi connectivity index (χ3v) is 3.59. The van der Waals surface area contributed by atoms with Crippen molar-refractivity contribution in [3.8, 4) is 0 Å². The highest BCUT2D eigenvalue weighted by atomic mass is 35.5. The highest BCUT2D eigenvalue weighted by molar-refractivity contribution is 6.34. The van der Waals surface area contributed by atoms with E-state index in [4.69, 9.17) is 11.6 Å². The van der Waals surface area contributed by atoms with Crippen LogP contribution in [0.4, 0.5) is 4.39 Å². The summed E-state index contributed by atoms with van der Waals surface area (Å²) in [6.45, 7) is 3.19. The maximum Gasteiger partial charge on any atom is 0.255 e. The minimum absolute atomic E-state index is 0.155. The lowest BCUT2D eigenvalue weighted by Crippen LogP contribution is -2.35. The average Bonchev–Trinajstić information content (AvgIpc) is 2.34. The predicted molar refractivity (Wildman–Crippen MR) is 65.9 cm³/mol. The number of piperidine rings is 1. The molecule has 4 heteroatoms. The second-order valence-corrected chi connectivity index (χ2v) is 4.82. The first-order valence-electron chi connectivity index (χ1n) is 5.84. The summed E-state index contributed by atoms with van der Waals surface area (Å²) < 4.78 is 13.3. The van der Waals surface area contributed by atoms with E-state index in [0.29, 0.717) is 10.6 Å². The van der Waals surface area contributed by atoms with Gasteiger partial charge in [-0.05, 0) is 43.9 Å². The van der Waals surface area contributed by atoms with E-state index in [1.165, 1.54) is 12.1 Å². The van der Waals surface area contributed by atoms with Crippen LogP contribution in [0, 0.1) is 12.7 Å². The number of hydrogen-bond donors (Lipinski definition) is 0. The van der Waals surface area contributed by atoms with Crippen molar-refractivity contribution in [3.63, 3.8) is 0 Å². The van der Waals surface area contributed by atoms with Gasteiger partial charge in [-0.3, -0.25) is 4.79 Å². The number of aryl methyl sites for hydroxylation is 1. The Balaban J connectivity index is 2.29. The topological polar surface area (TPSA) is 20.3 Å². The highest BCUT2D eigenvalue weighted by Gasteiger charge is 2.21. The molecule has 1 saturated heterocycles. The van der Waals surface area contributed by atoms with Crippen LogP contribution in [0.2, 0.25) is 5.02 Å². The Kier molecular flexibility index (Phi) is 3.67. The number of carbonyl (C=O) groups is 1. The SMILES string of the molecule is Cc1cc(F)cc(C(=O)N2CCCCC2)c1Cl. The molecule has 0 bridgehead atoms. The third kappa shape index (κ3) is 2.60. The minimum atomic E-state index is -0.410. The van der Waals surface area contributed by atoms with Gasteiger partial charge in [0.2, 0.25) is 0 Å². The van der Waals surface area contributed by atoms with E-state index in [-0.39, 0.29) is 11.5 Å². The number of likely N-dealkylation sites (tertiary alicyclic amines) is 1. The van der Waals surface area contributed by atoms with Crippen LogP contribution in [-0.2, 0) is 0 Å². The lowest BCUT2D eigenvalue weighted by molar-refractivity contribution is 0.0724. The van der Waals surface area contributed by atoms with Crippen molar-refractivity contribution in [1.82, 2.24) is 4.90 Å². The Morgan fingerprint density at radius 3 is 2.59 bits per heavy atom. The van der Waals surface area contributed by atoms with E-state index in [2.05, 4.69) is 0 Å². The summed E-state index contributed by atoms with van der Waals surface area (Å²) >= 11 is 6.07. The molecule has 0 unspecified atom stereocenters. The lowest BCUT2D eigenvalue weighted by Gasteiger charge is -2.27. The van der Waals surface area contributed by atoms with Crippen molar-refractivity contribution in [1.29, 1.82) is 0 Å². The van der Waals surface area contributed by atoms with Crippen molar-refractivity contribution in [2.45, 2.75) is 26.2 Å². The average molecular weight is 256 g/mol. The van der Waals surface area contributed by atoms with Gasteiger partial charge in [0, 0.05) is 13.1 Å². The van der Waals surface area contributed by atoms with E-state index in [1.54, 1.807) is 11.8 Å². The summed E-state index contributed by atoms with van der Waals surface area (Å²) in [6, 6.07) is 2.57. The fourth-order valence-corrected chi connectivity index (χ4v) is 2.34. The van der Waals surface area contributed by atoms with Crippen molar-refractivity contribution in [2.24, 2.45) is 0 Å². The van der Waals surface area contributed by atoms with E-state index in [1.807, 2.05) is 0 Å². The molecule has 1 aliphatic heterocycles. The Morgan fingerprint density at radius 1 is 1.29 bits per heavy atom. The molecule has 92 valence electrons. The van der Waals surface area contributed by atoms with Crippen LogP contribution in [0.3, 0.4) is 0 Å². The Hall–Kier alpha value is -1.09. The first kappa shape index (κ1) is 12.4. The van der Waals surface area contributed by atoms with Crippen LogP contribution in [0.5, 0.6) is 0 Å². The Bertz CT molecular complexity index is 441. The molecule has 0 saturated carbocycles. The molecule has 0 aliphatic carbocycles. The summed E-state index contributed by atoms with van der Waals surface area (Å²) in [5.41, 5.74) is 0.887. The van der Waals surface area contributed by atoms with E-state index >= 15 is 0 Å². The number of nitrogens with zero attached hydrogens (tertiary/aromatic N) is 1. The van der Waals surface area contributed by atoms with Crippen molar-refractivity contribution < 1.29 is 9.18 Å². The number of rotatable bonds is 1. The van der Waals surface area contributed by atoms with Gasteiger partial charge < -0.3 is 4.90 Å². The molecule has 1 fully saturated rings. The number of benzene rings is 1. The molecule has 0 atom stereocenters. The quantitative estimate of drug-likeness (QED) is 0.753. The van der Waals surface area contributed by atoms with E-state index in [9.17, 15) is 9.18 Å². The molecule has 1 heterocycles. The third-order valence-electron chi connectivity index (χ3n) is 3.09. The molecule has 17 heavy (non-hydrogen) atoms. The molecule has 0 N–H and O–H groups in total. The van der Waals surface area contributed by atoms with Gasteiger partial charge in [0.05, 0.1) is 10.6 Å². The van der Waals surface area contributed by atoms with Gasteiger partial charge in [0.1, 0.15) is 5.82 Å². The lowest BCUT2D eigenvalue weighted by atomic mass is 10.1. The van der Waals surface area contributed by atoms with E-state index in [0.717, 1.165) is 32.4 Å². The normalized spacial score (nSPS) is 16.1. The van der Waals surface area contributed by atoms with Gasteiger partial charge >= 0.3 is 0 Å². The molecule has 1 amide bonds. The summed E-state index contributed by atoms with van der Waals surface area (Å²) in [7, 11) is 0. The van der Waals surface area contributed by atoms with Crippen LogP contribution in [0.1, 0.15) is 35.2 Å². The summed E-state index contributed by atoms with van der Waals surface area (Å²) in [4.78, 5) is 14.0. The van der Waals surface area contributed by atoms with Crippen molar-refractivity contribution in [2.75, 3.05) is 13.1 Å². The molecule has 0 radical (unpaired) electrons. The van der Waals surface area contributed by atoms with Crippen LogP contribution < -0.4 is 0 Å². The second kappa shape index (κ2) is 5.05. The van der Waals surface area contributed by atoms with Gasteiger partial charge in [-0.2, -0.15) is 0 Å². The summed E-state index contributed by atoms with van der Waals surface area (Å²) in [5, 5.41) is 0.363. The Labute approximate surface area is 105 Å². The molecule has 2 nitrogen and oxygen atoms in total. The summed E-state index contributed by atoms with van der Waals surface area (Å²) in [5.74, 6) is -0.565. The zero-order valence-corrected chi connectivity index (χ0v) is 10.6. The summed E-state index contributed by atoms with van der Waals surface area (Å²) in [6.07, 6.45) is 3.18. The van der Waals surface area contributed by atoms with Gasteiger partial charge in [-0.15, -0.1) is 0 Å². The highest BCUT2D eigenvalue weighted by Crippen LogP contribution is 2.24. The maximum absolute atomic E-state index is 13.3. The van der Waals surface area contributed by atoms with E-state index < -0.39 is 5.82 Å². The predicted octanol–water partition coefficient (Wildman–Crippen LogP) is 3.41. The second-order valence-electron chi connectivity index (χ2n) is 4.44. The minimum Gasteiger partial charge on any atom is -0.339 e. The van der Waals surface area contributed by atoms with Crippen LogP contribution in [0.15, 0.2) is 12.1 Å². The molecule has 1 aromatic carbocycles. The van der Waals surface area contributed by atoms with Crippen LogP contribution in [-0.4, -0.2) is 23.9 Å². The number of hydrogen-bond acceptors (Lipinski definition) is 1. The standard InChI is InChI=1S/C13H15ClFNO/c1-9-7-10(15)8-11(12(9)14)13(17)16-5-3-2-4-6-16/h7-8H,2-6H2,1H3. The molecular weight excluding hydrogens is 241 g/mol. The fraction of sp³-hybridized carbons (Fsp3) is 0.462. The molecule has 2 rings (SSSR count). The largest absolute Gasteiger partial charge is 0.339 e. The first-order valence-corrected chi connectivity index (χ1v) is 6.22. The molecule has 1 aromatic rings. The van der Waals surface area contributed by atoms with Gasteiger partial charge in [-0.25, -0.2) is 4.39 Å². The molecule has 0 spiro atoms. The number of amides is 1. The molecule has 1 aliphatic rings. The number of carbonyl (C=O) groups excluding carboxylic acids is 1. The maximum atomic E-state index is 13.3. The zero-order valence-electron chi connectivity index (χ0n) is 9.80. The molecular formula is C13H15ClFNO. The van der Waals surface area contributed by atoms with Crippen molar-refractivity contribution >= 4 is 17.5 Å². The van der Waals surface area contributed by atoms with Gasteiger partial charge in [0.25, 0.3) is 5.91 Å². The van der Waals surface area contributed by atoms with Crippen LogP contribution >= 0.6 is 11.6 Å². The smallest absolute Gasteiger partial charge is 0.255 e. The number of halogens is 2. The fourth-order valence-electron chi connectivity index (χ4n) is 2.15. The Morgan fingerprint density at radius 2 is 1.94 bits per heavy atom. The molecule has 0 aromatic heterocycles. The zero-order chi connectivity index (χ0) is 12.4. The first-order chi connectivity index (χ1) is 8.09. The van der Waals surface area contributed by atoms with Crippen molar-refractivity contribution in [3.05, 3.63) is 34.1 Å². The van der Waals surface area contributed by atoms with Crippen LogP contribution in [0.25, 0.3) is 0 Å². The van der Waals surface area contributed by atoms with Gasteiger partial charge in [-0.1, -0.05) is 11.6 Å². The monoisotopic (exact) mass is 255 g/mol. The van der Waals surface area contributed by atoms with Gasteiger partial charge in [0.15, 0.2) is 0 Å².